The predicted molar refractivity (Wildman–Crippen MR) is 74.2 cm³/mol. The SMILES string of the molecule is COc1ccc2c(c1)C(N)C(n1cc(C)cn1)CC2. The van der Waals surface area contributed by atoms with Crippen molar-refractivity contribution in [3.05, 3.63) is 47.3 Å². The Bertz CT molecular complexity index is 591. The van der Waals surface area contributed by atoms with Crippen LogP contribution in [0.4, 0.5) is 0 Å². The van der Waals surface area contributed by atoms with Crippen molar-refractivity contribution in [2.75, 3.05) is 7.11 Å². The second kappa shape index (κ2) is 4.70. The smallest absolute Gasteiger partial charge is 0.119 e. The van der Waals surface area contributed by atoms with E-state index in [0.717, 1.165) is 18.6 Å². The first-order valence-corrected chi connectivity index (χ1v) is 6.62. The zero-order chi connectivity index (χ0) is 13.4. The second-order valence-corrected chi connectivity index (χ2v) is 5.19. The van der Waals surface area contributed by atoms with Gasteiger partial charge in [0.25, 0.3) is 0 Å². The lowest BCUT2D eigenvalue weighted by atomic mass is 9.84. The van der Waals surface area contributed by atoms with Gasteiger partial charge in [0.1, 0.15) is 5.75 Å². The fourth-order valence-corrected chi connectivity index (χ4v) is 2.84. The largest absolute Gasteiger partial charge is 0.497 e. The molecule has 1 heterocycles. The molecule has 1 aliphatic rings. The molecule has 19 heavy (non-hydrogen) atoms. The van der Waals surface area contributed by atoms with Gasteiger partial charge in [-0.15, -0.1) is 0 Å². The van der Waals surface area contributed by atoms with Crippen LogP contribution >= 0.6 is 0 Å². The van der Waals surface area contributed by atoms with Crippen molar-refractivity contribution in [2.45, 2.75) is 31.8 Å². The van der Waals surface area contributed by atoms with E-state index in [-0.39, 0.29) is 12.1 Å². The highest BCUT2D eigenvalue weighted by Crippen LogP contribution is 2.37. The Hall–Kier alpha value is -1.81. The number of methoxy groups -OCH3 is 1. The van der Waals surface area contributed by atoms with Crippen LogP contribution in [0.5, 0.6) is 5.75 Å². The summed E-state index contributed by atoms with van der Waals surface area (Å²) in [7, 11) is 1.68. The van der Waals surface area contributed by atoms with Gasteiger partial charge in [0.15, 0.2) is 0 Å². The van der Waals surface area contributed by atoms with E-state index in [1.807, 2.05) is 16.9 Å². The predicted octanol–water partition coefficient (Wildman–Crippen LogP) is 2.39. The van der Waals surface area contributed by atoms with Gasteiger partial charge in [-0.1, -0.05) is 6.07 Å². The minimum absolute atomic E-state index is 0.0295. The lowest BCUT2D eigenvalue weighted by Crippen LogP contribution is -2.30. The molecule has 3 rings (SSSR count). The standard InChI is InChI=1S/C15H19N3O/c1-10-8-17-18(9-10)14-6-4-11-3-5-12(19-2)7-13(11)15(14)16/h3,5,7-9,14-15H,4,6,16H2,1-2H3. The summed E-state index contributed by atoms with van der Waals surface area (Å²) in [5.41, 5.74) is 10.1. The molecule has 2 atom stereocenters. The maximum atomic E-state index is 6.44. The zero-order valence-electron chi connectivity index (χ0n) is 11.3. The van der Waals surface area contributed by atoms with Gasteiger partial charge in [0, 0.05) is 6.20 Å². The first kappa shape index (κ1) is 12.2. The van der Waals surface area contributed by atoms with Gasteiger partial charge in [-0.2, -0.15) is 5.10 Å². The molecule has 0 bridgehead atoms. The van der Waals surface area contributed by atoms with Crippen molar-refractivity contribution in [2.24, 2.45) is 5.73 Å². The molecular weight excluding hydrogens is 238 g/mol. The maximum Gasteiger partial charge on any atom is 0.119 e. The summed E-state index contributed by atoms with van der Waals surface area (Å²) in [5.74, 6) is 0.867. The average Bonchev–Trinajstić information content (AvgIpc) is 2.85. The van der Waals surface area contributed by atoms with Gasteiger partial charge < -0.3 is 10.5 Å². The van der Waals surface area contributed by atoms with Gasteiger partial charge in [0.05, 0.1) is 25.4 Å². The van der Waals surface area contributed by atoms with Crippen LogP contribution in [0.3, 0.4) is 0 Å². The van der Waals surface area contributed by atoms with Gasteiger partial charge in [-0.05, 0) is 48.6 Å². The summed E-state index contributed by atoms with van der Waals surface area (Å²) in [6.07, 6.45) is 6.02. The molecule has 2 aromatic rings. The molecule has 1 aromatic heterocycles. The lowest BCUT2D eigenvalue weighted by Gasteiger charge is -2.31. The van der Waals surface area contributed by atoms with E-state index in [1.54, 1.807) is 7.11 Å². The van der Waals surface area contributed by atoms with Crippen molar-refractivity contribution < 1.29 is 4.74 Å². The van der Waals surface area contributed by atoms with Crippen molar-refractivity contribution in [3.63, 3.8) is 0 Å². The molecule has 0 spiro atoms. The van der Waals surface area contributed by atoms with Gasteiger partial charge in [-0.3, -0.25) is 4.68 Å². The Kier molecular flexibility index (Phi) is 3.03. The second-order valence-electron chi connectivity index (χ2n) is 5.19. The normalized spacial score (nSPS) is 22.1. The Morgan fingerprint density at radius 3 is 2.95 bits per heavy atom. The van der Waals surface area contributed by atoms with E-state index in [1.165, 1.54) is 16.7 Å². The van der Waals surface area contributed by atoms with E-state index >= 15 is 0 Å². The Balaban J connectivity index is 1.96. The van der Waals surface area contributed by atoms with E-state index in [2.05, 4.69) is 30.4 Å². The Morgan fingerprint density at radius 2 is 2.26 bits per heavy atom. The molecule has 2 unspecified atom stereocenters. The molecule has 0 saturated heterocycles. The third kappa shape index (κ3) is 2.12. The number of aromatic nitrogens is 2. The number of ether oxygens (including phenoxy) is 1. The minimum Gasteiger partial charge on any atom is -0.497 e. The molecule has 1 aliphatic carbocycles. The van der Waals surface area contributed by atoms with Crippen LogP contribution < -0.4 is 10.5 Å². The molecule has 4 heteroatoms. The van der Waals surface area contributed by atoms with E-state index in [0.29, 0.717) is 0 Å². The first-order chi connectivity index (χ1) is 9.19. The summed E-state index contributed by atoms with van der Waals surface area (Å²) < 4.78 is 7.30. The van der Waals surface area contributed by atoms with E-state index < -0.39 is 0 Å². The summed E-state index contributed by atoms with van der Waals surface area (Å²) >= 11 is 0. The number of aryl methyl sites for hydroxylation is 2. The highest BCUT2D eigenvalue weighted by Gasteiger charge is 2.28. The first-order valence-electron chi connectivity index (χ1n) is 6.62. The van der Waals surface area contributed by atoms with Gasteiger partial charge >= 0.3 is 0 Å². The van der Waals surface area contributed by atoms with Crippen LogP contribution in [0, 0.1) is 6.92 Å². The summed E-state index contributed by atoms with van der Waals surface area (Å²) in [6.45, 7) is 2.05. The number of fused-ring (bicyclic) bond motifs is 1. The molecule has 0 saturated carbocycles. The maximum absolute atomic E-state index is 6.44. The topological polar surface area (TPSA) is 53.1 Å². The molecule has 4 nitrogen and oxygen atoms in total. The van der Waals surface area contributed by atoms with Crippen molar-refractivity contribution in [3.8, 4) is 5.75 Å². The molecule has 0 aliphatic heterocycles. The van der Waals surface area contributed by atoms with Crippen molar-refractivity contribution in [1.82, 2.24) is 9.78 Å². The number of hydrogen-bond donors (Lipinski definition) is 1. The number of nitrogens with two attached hydrogens (primary N) is 1. The minimum atomic E-state index is -0.0295. The van der Waals surface area contributed by atoms with E-state index in [4.69, 9.17) is 10.5 Å². The number of benzene rings is 1. The highest BCUT2D eigenvalue weighted by molar-refractivity contribution is 5.39. The molecular formula is C15H19N3O. The number of nitrogens with zero attached hydrogens (tertiary/aromatic N) is 2. The average molecular weight is 257 g/mol. The fourth-order valence-electron chi connectivity index (χ4n) is 2.84. The van der Waals surface area contributed by atoms with Crippen molar-refractivity contribution in [1.29, 1.82) is 0 Å². The van der Waals surface area contributed by atoms with Gasteiger partial charge in [-0.25, -0.2) is 0 Å². The Morgan fingerprint density at radius 1 is 1.42 bits per heavy atom. The molecule has 0 fully saturated rings. The Labute approximate surface area is 113 Å². The highest BCUT2D eigenvalue weighted by atomic mass is 16.5. The quantitative estimate of drug-likeness (QED) is 0.898. The lowest BCUT2D eigenvalue weighted by molar-refractivity contribution is 0.340. The molecule has 2 N–H and O–H groups in total. The fraction of sp³-hybridized carbons (Fsp3) is 0.400. The van der Waals surface area contributed by atoms with Crippen LogP contribution in [0.15, 0.2) is 30.6 Å². The summed E-state index contributed by atoms with van der Waals surface area (Å²) in [5, 5.41) is 4.41. The zero-order valence-corrected chi connectivity index (χ0v) is 11.3. The molecule has 0 radical (unpaired) electrons. The molecule has 1 aromatic carbocycles. The van der Waals surface area contributed by atoms with Crippen molar-refractivity contribution >= 4 is 0 Å². The van der Waals surface area contributed by atoms with E-state index in [9.17, 15) is 0 Å². The third-order valence-electron chi connectivity index (χ3n) is 3.91. The van der Waals surface area contributed by atoms with Crippen LogP contribution in [0.2, 0.25) is 0 Å². The number of rotatable bonds is 2. The summed E-state index contributed by atoms with van der Waals surface area (Å²) in [6, 6.07) is 6.39. The number of hydrogen-bond acceptors (Lipinski definition) is 3. The monoisotopic (exact) mass is 257 g/mol. The van der Waals surface area contributed by atoms with Gasteiger partial charge in [0.2, 0.25) is 0 Å². The van der Waals surface area contributed by atoms with Crippen LogP contribution in [0.25, 0.3) is 0 Å². The summed E-state index contributed by atoms with van der Waals surface area (Å²) in [4.78, 5) is 0. The third-order valence-corrected chi connectivity index (χ3v) is 3.91. The van der Waals surface area contributed by atoms with Crippen LogP contribution in [-0.4, -0.2) is 16.9 Å². The molecule has 0 amide bonds. The van der Waals surface area contributed by atoms with Crippen LogP contribution in [0.1, 0.15) is 35.2 Å². The molecule has 100 valence electrons. The van der Waals surface area contributed by atoms with Crippen LogP contribution in [-0.2, 0) is 6.42 Å².